The van der Waals surface area contributed by atoms with E-state index in [1.807, 2.05) is 0 Å². The molecule has 1 fully saturated rings. The Hall–Kier alpha value is -1.44. The predicted molar refractivity (Wildman–Crippen MR) is 76.8 cm³/mol. The third-order valence-corrected chi connectivity index (χ3v) is 4.33. The van der Waals surface area contributed by atoms with Gasteiger partial charge in [0.1, 0.15) is 0 Å². The molecule has 0 aliphatic carbocycles. The first kappa shape index (κ1) is 15.0. The van der Waals surface area contributed by atoms with Crippen LogP contribution in [-0.4, -0.2) is 26.9 Å². The number of amides is 1. The molecular weight excluding hydrogens is 278 g/mol. The van der Waals surface area contributed by atoms with Crippen molar-refractivity contribution < 1.29 is 13.2 Å². The van der Waals surface area contributed by atoms with E-state index in [0.29, 0.717) is 5.69 Å². The van der Waals surface area contributed by atoms with Crippen molar-refractivity contribution >= 4 is 21.6 Å². The second-order valence-corrected chi connectivity index (χ2v) is 6.57. The Morgan fingerprint density at radius 1 is 1.40 bits per heavy atom. The summed E-state index contributed by atoms with van der Waals surface area (Å²) in [7, 11) is -3.77. The number of nitrogens with one attached hydrogen (secondary N) is 2. The van der Waals surface area contributed by atoms with Gasteiger partial charge >= 0.3 is 0 Å². The fraction of sp³-hybridized carbons (Fsp3) is 0.462. The van der Waals surface area contributed by atoms with E-state index in [0.717, 1.165) is 31.4 Å². The molecule has 1 amide bonds. The van der Waals surface area contributed by atoms with Crippen LogP contribution in [0.15, 0.2) is 23.1 Å². The van der Waals surface area contributed by atoms with E-state index in [1.54, 1.807) is 13.0 Å². The summed E-state index contributed by atoms with van der Waals surface area (Å²) in [6, 6.07) is 4.23. The lowest BCUT2D eigenvalue weighted by Gasteiger charge is -2.23. The molecule has 1 aromatic rings. The van der Waals surface area contributed by atoms with Gasteiger partial charge in [0.25, 0.3) is 0 Å². The Bertz CT molecular complexity index is 607. The molecule has 1 aromatic carbocycles. The molecular formula is C13H19N3O3S. The quantitative estimate of drug-likeness (QED) is 0.765. The van der Waals surface area contributed by atoms with Gasteiger partial charge < -0.3 is 10.6 Å². The topological polar surface area (TPSA) is 101 Å². The fourth-order valence-corrected chi connectivity index (χ4v) is 2.75. The Morgan fingerprint density at radius 3 is 2.75 bits per heavy atom. The summed E-state index contributed by atoms with van der Waals surface area (Å²) in [6.45, 7) is 2.63. The Kier molecular flexibility index (Phi) is 4.42. The lowest BCUT2D eigenvalue weighted by Crippen LogP contribution is -2.43. The van der Waals surface area contributed by atoms with Gasteiger partial charge in [-0.15, -0.1) is 0 Å². The first-order valence-electron chi connectivity index (χ1n) is 6.55. The van der Waals surface area contributed by atoms with Gasteiger partial charge in [-0.05, 0) is 44.0 Å². The van der Waals surface area contributed by atoms with Gasteiger partial charge in [0, 0.05) is 5.69 Å². The first-order valence-corrected chi connectivity index (χ1v) is 8.10. The van der Waals surface area contributed by atoms with Crippen molar-refractivity contribution in [3.8, 4) is 0 Å². The molecule has 20 heavy (non-hydrogen) atoms. The van der Waals surface area contributed by atoms with Crippen LogP contribution >= 0.6 is 0 Å². The Balaban J connectivity index is 2.18. The molecule has 0 unspecified atom stereocenters. The third-order valence-electron chi connectivity index (χ3n) is 3.42. The highest BCUT2D eigenvalue weighted by Gasteiger charge is 2.21. The van der Waals surface area contributed by atoms with Crippen LogP contribution < -0.4 is 15.8 Å². The monoisotopic (exact) mass is 297 g/mol. The number of nitrogens with two attached hydrogens (primary N) is 1. The molecule has 0 spiro atoms. The minimum atomic E-state index is -3.77. The molecule has 1 heterocycles. The fourth-order valence-electron chi connectivity index (χ4n) is 2.21. The van der Waals surface area contributed by atoms with Crippen LogP contribution in [0, 0.1) is 6.92 Å². The number of piperidine rings is 1. The number of benzene rings is 1. The predicted octanol–water partition coefficient (Wildman–Crippen LogP) is 0.723. The molecule has 2 rings (SSSR count). The van der Waals surface area contributed by atoms with Crippen LogP contribution in [-0.2, 0) is 14.8 Å². The summed E-state index contributed by atoms with van der Waals surface area (Å²) < 4.78 is 22.7. The zero-order chi connectivity index (χ0) is 14.8. The van der Waals surface area contributed by atoms with Crippen LogP contribution in [0.2, 0.25) is 0 Å². The minimum absolute atomic E-state index is 0.00463. The van der Waals surface area contributed by atoms with Crippen LogP contribution in [0.1, 0.15) is 24.8 Å². The van der Waals surface area contributed by atoms with E-state index < -0.39 is 10.0 Å². The Morgan fingerprint density at radius 2 is 2.15 bits per heavy atom. The number of aryl methyl sites for hydroxylation is 1. The SMILES string of the molecule is Cc1ccc(S(N)(=O)=O)cc1NC(=O)[C@@H]1CCCCN1. The number of hydrogen-bond donors (Lipinski definition) is 3. The van der Waals surface area contributed by atoms with Gasteiger partial charge in [0.15, 0.2) is 0 Å². The average Bonchev–Trinajstić information content (AvgIpc) is 2.41. The van der Waals surface area contributed by atoms with E-state index in [-0.39, 0.29) is 16.8 Å². The van der Waals surface area contributed by atoms with Crippen molar-refractivity contribution in [2.24, 2.45) is 5.14 Å². The van der Waals surface area contributed by atoms with Crippen molar-refractivity contribution in [3.05, 3.63) is 23.8 Å². The average molecular weight is 297 g/mol. The largest absolute Gasteiger partial charge is 0.324 e. The maximum atomic E-state index is 12.1. The summed E-state index contributed by atoms with van der Waals surface area (Å²) in [5, 5.41) is 11.0. The van der Waals surface area contributed by atoms with E-state index in [4.69, 9.17) is 5.14 Å². The molecule has 0 saturated carbocycles. The van der Waals surface area contributed by atoms with Crippen LogP contribution in [0.5, 0.6) is 0 Å². The van der Waals surface area contributed by atoms with E-state index in [9.17, 15) is 13.2 Å². The van der Waals surface area contributed by atoms with Gasteiger partial charge in [-0.25, -0.2) is 13.6 Å². The van der Waals surface area contributed by atoms with E-state index in [1.165, 1.54) is 12.1 Å². The molecule has 6 nitrogen and oxygen atoms in total. The second kappa shape index (κ2) is 5.90. The summed E-state index contributed by atoms with van der Waals surface area (Å²) >= 11 is 0. The number of hydrogen-bond acceptors (Lipinski definition) is 4. The number of rotatable bonds is 3. The number of primary sulfonamides is 1. The van der Waals surface area contributed by atoms with Crippen molar-refractivity contribution in [1.29, 1.82) is 0 Å². The molecule has 7 heteroatoms. The third kappa shape index (κ3) is 3.56. The van der Waals surface area contributed by atoms with Gasteiger partial charge in [0.2, 0.25) is 15.9 Å². The normalized spacial score (nSPS) is 19.6. The first-order chi connectivity index (χ1) is 9.38. The van der Waals surface area contributed by atoms with E-state index >= 15 is 0 Å². The lowest BCUT2D eigenvalue weighted by atomic mass is 10.0. The van der Waals surface area contributed by atoms with Crippen LogP contribution in [0.25, 0.3) is 0 Å². The van der Waals surface area contributed by atoms with Gasteiger partial charge in [0.05, 0.1) is 10.9 Å². The molecule has 1 aliphatic rings. The van der Waals surface area contributed by atoms with Crippen molar-refractivity contribution in [2.45, 2.75) is 37.1 Å². The summed E-state index contributed by atoms with van der Waals surface area (Å²) in [5.41, 5.74) is 1.27. The van der Waals surface area contributed by atoms with Crippen LogP contribution in [0.4, 0.5) is 5.69 Å². The van der Waals surface area contributed by atoms with Crippen LogP contribution in [0.3, 0.4) is 0 Å². The highest BCUT2D eigenvalue weighted by Crippen LogP contribution is 2.20. The smallest absolute Gasteiger partial charge is 0.241 e. The molecule has 4 N–H and O–H groups in total. The number of carbonyl (C=O) groups is 1. The number of sulfonamides is 1. The van der Waals surface area contributed by atoms with Gasteiger partial charge in [-0.3, -0.25) is 4.79 Å². The second-order valence-electron chi connectivity index (χ2n) is 5.01. The lowest BCUT2D eigenvalue weighted by molar-refractivity contribution is -0.118. The highest BCUT2D eigenvalue weighted by molar-refractivity contribution is 7.89. The van der Waals surface area contributed by atoms with Gasteiger partial charge in [-0.1, -0.05) is 12.5 Å². The molecule has 1 aliphatic heterocycles. The summed E-state index contributed by atoms with van der Waals surface area (Å²) in [6.07, 6.45) is 2.88. The standard InChI is InChI=1S/C13H19N3O3S/c1-9-5-6-10(20(14,18)19)8-12(9)16-13(17)11-4-2-3-7-15-11/h5-6,8,11,15H,2-4,7H2,1H3,(H,16,17)(H2,14,18,19)/t11-/m0/s1. The molecule has 1 saturated heterocycles. The number of carbonyl (C=O) groups excluding carboxylic acids is 1. The zero-order valence-corrected chi connectivity index (χ0v) is 12.2. The zero-order valence-electron chi connectivity index (χ0n) is 11.3. The minimum Gasteiger partial charge on any atom is -0.324 e. The van der Waals surface area contributed by atoms with Crippen molar-refractivity contribution in [2.75, 3.05) is 11.9 Å². The number of anilines is 1. The molecule has 110 valence electrons. The highest BCUT2D eigenvalue weighted by atomic mass is 32.2. The molecule has 0 radical (unpaired) electrons. The maximum Gasteiger partial charge on any atom is 0.241 e. The summed E-state index contributed by atoms with van der Waals surface area (Å²) in [4.78, 5) is 12.1. The molecule has 0 aromatic heterocycles. The van der Waals surface area contributed by atoms with Crippen molar-refractivity contribution in [1.82, 2.24) is 5.32 Å². The summed E-state index contributed by atoms with van der Waals surface area (Å²) in [5.74, 6) is -0.139. The van der Waals surface area contributed by atoms with Crippen molar-refractivity contribution in [3.63, 3.8) is 0 Å². The van der Waals surface area contributed by atoms with E-state index in [2.05, 4.69) is 10.6 Å². The maximum absolute atomic E-state index is 12.1. The molecule has 1 atom stereocenters. The van der Waals surface area contributed by atoms with Gasteiger partial charge in [-0.2, -0.15) is 0 Å². The molecule has 0 bridgehead atoms. The Labute approximate surface area is 118 Å².